The Morgan fingerprint density at radius 3 is 2.96 bits per heavy atom. The van der Waals surface area contributed by atoms with E-state index < -0.39 is 5.91 Å². The summed E-state index contributed by atoms with van der Waals surface area (Å²) in [4.78, 5) is 23.1. The predicted molar refractivity (Wildman–Crippen MR) is 103 cm³/mol. The lowest BCUT2D eigenvalue weighted by Gasteiger charge is -2.22. The molecule has 4 N–H and O–H groups in total. The minimum absolute atomic E-state index is 0. The summed E-state index contributed by atoms with van der Waals surface area (Å²) in [5.41, 5.74) is 6.32. The number of hydrogen-bond acceptors (Lipinski definition) is 5. The first-order valence-corrected chi connectivity index (χ1v) is 8.66. The molecule has 1 saturated heterocycles. The summed E-state index contributed by atoms with van der Waals surface area (Å²) in [5, 5.41) is 10.6. The van der Waals surface area contributed by atoms with Crippen molar-refractivity contribution in [3.63, 3.8) is 0 Å². The second-order valence-corrected chi connectivity index (χ2v) is 6.27. The van der Waals surface area contributed by atoms with Gasteiger partial charge in [0.05, 0.1) is 6.04 Å². The van der Waals surface area contributed by atoms with Crippen LogP contribution < -0.4 is 21.1 Å². The number of carbonyl (C=O) groups excluding carboxylic acids is 2. The van der Waals surface area contributed by atoms with Crippen molar-refractivity contribution in [1.29, 1.82) is 0 Å². The van der Waals surface area contributed by atoms with Crippen LogP contribution in [-0.2, 0) is 11.3 Å². The van der Waals surface area contributed by atoms with E-state index in [2.05, 4.69) is 15.7 Å². The van der Waals surface area contributed by atoms with Crippen LogP contribution in [0.1, 0.15) is 34.9 Å². The van der Waals surface area contributed by atoms with Crippen LogP contribution in [0.15, 0.2) is 36.5 Å². The van der Waals surface area contributed by atoms with Gasteiger partial charge in [-0.05, 0) is 43.1 Å². The molecule has 2 aromatic rings. The van der Waals surface area contributed by atoms with Gasteiger partial charge in [0.15, 0.2) is 6.61 Å². The third-order valence-corrected chi connectivity index (χ3v) is 4.22. The number of primary amides is 1. The molecular formula is C18H24ClN5O3. The summed E-state index contributed by atoms with van der Waals surface area (Å²) in [5.74, 6) is -0.229. The van der Waals surface area contributed by atoms with Crippen LogP contribution in [0.25, 0.3) is 0 Å². The highest BCUT2D eigenvalue weighted by molar-refractivity contribution is 5.92. The van der Waals surface area contributed by atoms with E-state index in [9.17, 15) is 9.59 Å². The van der Waals surface area contributed by atoms with Gasteiger partial charge in [0.1, 0.15) is 11.4 Å². The van der Waals surface area contributed by atoms with Crippen molar-refractivity contribution >= 4 is 24.2 Å². The monoisotopic (exact) mass is 393 g/mol. The molecule has 1 fully saturated rings. The second kappa shape index (κ2) is 9.94. The van der Waals surface area contributed by atoms with Crippen molar-refractivity contribution in [3.8, 4) is 5.75 Å². The van der Waals surface area contributed by atoms with E-state index in [-0.39, 0.29) is 24.9 Å². The summed E-state index contributed by atoms with van der Waals surface area (Å²) in [6.45, 7) is 2.07. The summed E-state index contributed by atoms with van der Waals surface area (Å²) in [7, 11) is 0. The molecule has 1 aliphatic heterocycles. The third kappa shape index (κ3) is 5.97. The van der Waals surface area contributed by atoms with Gasteiger partial charge < -0.3 is 21.1 Å². The molecule has 1 aliphatic rings. The Morgan fingerprint density at radius 1 is 1.37 bits per heavy atom. The van der Waals surface area contributed by atoms with Crippen molar-refractivity contribution in [3.05, 3.63) is 47.8 Å². The van der Waals surface area contributed by atoms with Gasteiger partial charge in [-0.1, -0.05) is 12.1 Å². The molecule has 1 unspecified atom stereocenters. The molecule has 8 nitrogen and oxygen atoms in total. The van der Waals surface area contributed by atoms with Crippen LogP contribution >= 0.6 is 12.4 Å². The Kier molecular flexibility index (Phi) is 7.63. The molecule has 0 bridgehead atoms. The largest absolute Gasteiger partial charge is 0.484 e. The van der Waals surface area contributed by atoms with Gasteiger partial charge in [-0.25, -0.2) is 0 Å². The number of carbonyl (C=O) groups is 2. The van der Waals surface area contributed by atoms with E-state index in [0.29, 0.717) is 24.0 Å². The highest BCUT2D eigenvalue weighted by Gasteiger charge is 2.17. The molecule has 2 amide bonds. The van der Waals surface area contributed by atoms with Crippen molar-refractivity contribution in [2.24, 2.45) is 5.73 Å². The number of amides is 2. The second-order valence-electron chi connectivity index (χ2n) is 6.27. The maximum atomic E-state index is 12.3. The maximum Gasteiger partial charge on any atom is 0.272 e. The summed E-state index contributed by atoms with van der Waals surface area (Å²) in [6, 6.07) is 9.18. The van der Waals surface area contributed by atoms with Gasteiger partial charge in [0.25, 0.3) is 11.8 Å². The number of nitrogens with two attached hydrogens (primary N) is 1. The molecule has 2 heterocycles. The predicted octanol–water partition coefficient (Wildman–Crippen LogP) is 1.02. The van der Waals surface area contributed by atoms with Crippen LogP contribution in [0.3, 0.4) is 0 Å². The normalized spacial score (nSPS) is 16.2. The first-order chi connectivity index (χ1) is 12.6. The molecule has 0 saturated carbocycles. The maximum absolute atomic E-state index is 12.3. The Bertz CT molecular complexity index is 774. The zero-order valence-electron chi connectivity index (χ0n) is 14.9. The minimum Gasteiger partial charge on any atom is -0.484 e. The number of nitrogens with zero attached hydrogens (tertiary/aromatic N) is 2. The molecule has 1 aromatic heterocycles. The molecule has 9 heteroatoms. The standard InChI is InChI=1S/C18H23N5O3.ClH/c19-17(24)12-26-15-5-1-3-13(9-15)10-21-18(25)16-6-8-23(22-16)14-4-2-7-20-11-14;/h1,3,5-6,8-9,14,20H,2,4,7,10-12H2,(H2,19,24)(H,21,25);1H. The van der Waals surface area contributed by atoms with Crippen molar-refractivity contribution < 1.29 is 14.3 Å². The Labute approximate surface area is 163 Å². The first-order valence-electron chi connectivity index (χ1n) is 8.66. The third-order valence-electron chi connectivity index (χ3n) is 4.22. The van der Waals surface area contributed by atoms with Gasteiger partial charge in [0.2, 0.25) is 0 Å². The number of nitrogens with one attached hydrogen (secondary N) is 2. The highest BCUT2D eigenvalue weighted by Crippen LogP contribution is 2.16. The van der Waals surface area contributed by atoms with Crippen LogP contribution in [0.4, 0.5) is 0 Å². The number of halogens is 1. The van der Waals surface area contributed by atoms with Crippen molar-refractivity contribution in [2.75, 3.05) is 19.7 Å². The molecular weight excluding hydrogens is 370 g/mol. The van der Waals surface area contributed by atoms with Crippen LogP contribution in [0.5, 0.6) is 5.75 Å². The fourth-order valence-electron chi connectivity index (χ4n) is 2.89. The highest BCUT2D eigenvalue weighted by atomic mass is 35.5. The number of benzene rings is 1. The topological polar surface area (TPSA) is 111 Å². The van der Waals surface area contributed by atoms with E-state index in [1.807, 2.05) is 16.9 Å². The summed E-state index contributed by atoms with van der Waals surface area (Å²) in [6.07, 6.45) is 4.03. The fourth-order valence-corrected chi connectivity index (χ4v) is 2.89. The van der Waals surface area contributed by atoms with E-state index >= 15 is 0 Å². The van der Waals surface area contributed by atoms with Crippen molar-refractivity contribution in [2.45, 2.75) is 25.4 Å². The van der Waals surface area contributed by atoms with Gasteiger partial charge in [-0.2, -0.15) is 5.10 Å². The smallest absolute Gasteiger partial charge is 0.272 e. The molecule has 0 spiro atoms. The number of ether oxygens (including phenoxy) is 1. The zero-order chi connectivity index (χ0) is 18.4. The average Bonchev–Trinajstić information content (AvgIpc) is 3.16. The van der Waals surface area contributed by atoms with Crippen LogP contribution in [0.2, 0.25) is 0 Å². The quantitative estimate of drug-likeness (QED) is 0.650. The Balaban J connectivity index is 0.00000261. The lowest BCUT2D eigenvalue weighted by atomic mass is 10.1. The Morgan fingerprint density at radius 2 is 2.22 bits per heavy atom. The molecule has 1 atom stereocenters. The number of rotatable bonds is 7. The fraction of sp³-hybridized carbons (Fsp3) is 0.389. The van der Waals surface area contributed by atoms with Crippen LogP contribution in [0, 0.1) is 0 Å². The van der Waals surface area contributed by atoms with E-state index in [4.69, 9.17) is 10.5 Å². The zero-order valence-corrected chi connectivity index (χ0v) is 15.7. The molecule has 27 heavy (non-hydrogen) atoms. The molecule has 1 aromatic carbocycles. The number of piperidine rings is 1. The lowest BCUT2D eigenvalue weighted by molar-refractivity contribution is -0.119. The lowest BCUT2D eigenvalue weighted by Crippen LogP contribution is -2.32. The number of hydrogen-bond donors (Lipinski definition) is 3. The molecule has 146 valence electrons. The van der Waals surface area contributed by atoms with Crippen LogP contribution in [-0.4, -0.2) is 41.3 Å². The minimum atomic E-state index is -0.535. The van der Waals surface area contributed by atoms with Gasteiger partial charge in [-0.15, -0.1) is 12.4 Å². The van der Waals surface area contributed by atoms with Gasteiger partial charge in [-0.3, -0.25) is 14.3 Å². The first kappa shape index (κ1) is 20.7. The average molecular weight is 394 g/mol. The Hall–Kier alpha value is -2.58. The molecule has 0 radical (unpaired) electrons. The molecule has 3 rings (SSSR count). The molecule has 0 aliphatic carbocycles. The van der Waals surface area contributed by atoms with E-state index in [1.54, 1.807) is 24.3 Å². The van der Waals surface area contributed by atoms with Gasteiger partial charge >= 0.3 is 0 Å². The number of aromatic nitrogens is 2. The van der Waals surface area contributed by atoms with E-state index in [0.717, 1.165) is 31.5 Å². The van der Waals surface area contributed by atoms with E-state index in [1.165, 1.54) is 0 Å². The van der Waals surface area contributed by atoms with Crippen molar-refractivity contribution in [1.82, 2.24) is 20.4 Å². The SMILES string of the molecule is Cl.NC(=O)COc1cccc(CNC(=O)c2ccn(C3CCCNC3)n2)c1. The summed E-state index contributed by atoms with van der Waals surface area (Å²) < 4.78 is 7.12. The summed E-state index contributed by atoms with van der Waals surface area (Å²) >= 11 is 0. The van der Waals surface area contributed by atoms with Gasteiger partial charge in [0, 0.05) is 19.3 Å².